The second kappa shape index (κ2) is 7.29. The third kappa shape index (κ3) is 4.84. The van der Waals surface area contributed by atoms with Crippen molar-refractivity contribution in [3.05, 3.63) is 0 Å². The standard InChI is InChI=1S/C14H29NO/c1-4-13(10-16)15-14-7-5-6-12(9-14)8-11(2)3/h11-16H,4-10H2,1-3H3/t12?,13-,14?/m0/s1. The van der Waals surface area contributed by atoms with Crippen LogP contribution in [0.2, 0.25) is 0 Å². The van der Waals surface area contributed by atoms with E-state index in [0.717, 1.165) is 18.3 Å². The van der Waals surface area contributed by atoms with E-state index in [1.807, 2.05) is 0 Å². The van der Waals surface area contributed by atoms with Gasteiger partial charge in [0, 0.05) is 12.1 Å². The van der Waals surface area contributed by atoms with Gasteiger partial charge in [-0.15, -0.1) is 0 Å². The highest BCUT2D eigenvalue weighted by atomic mass is 16.3. The Balaban J connectivity index is 2.32. The van der Waals surface area contributed by atoms with Crippen molar-refractivity contribution in [3.8, 4) is 0 Å². The van der Waals surface area contributed by atoms with E-state index < -0.39 is 0 Å². The molecule has 1 fully saturated rings. The Bertz CT molecular complexity index is 178. The van der Waals surface area contributed by atoms with Crippen molar-refractivity contribution in [2.75, 3.05) is 6.61 Å². The maximum Gasteiger partial charge on any atom is 0.0584 e. The Hall–Kier alpha value is -0.0800. The predicted molar refractivity (Wildman–Crippen MR) is 69.5 cm³/mol. The van der Waals surface area contributed by atoms with Gasteiger partial charge in [0.05, 0.1) is 6.61 Å². The summed E-state index contributed by atoms with van der Waals surface area (Å²) in [6.45, 7) is 7.06. The zero-order valence-corrected chi connectivity index (χ0v) is 11.2. The summed E-state index contributed by atoms with van der Waals surface area (Å²) < 4.78 is 0. The lowest BCUT2D eigenvalue weighted by Crippen LogP contribution is -2.42. The van der Waals surface area contributed by atoms with Gasteiger partial charge in [0.2, 0.25) is 0 Å². The molecule has 0 radical (unpaired) electrons. The number of hydrogen-bond donors (Lipinski definition) is 2. The van der Waals surface area contributed by atoms with Crippen molar-refractivity contribution >= 4 is 0 Å². The van der Waals surface area contributed by atoms with E-state index in [1.54, 1.807) is 0 Å². The van der Waals surface area contributed by atoms with E-state index in [9.17, 15) is 5.11 Å². The number of nitrogens with one attached hydrogen (secondary N) is 1. The molecule has 0 bridgehead atoms. The van der Waals surface area contributed by atoms with Crippen LogP contribution in [0.1, 0.15) is 59.3 Å². The summed E-state index contributed by atoms with van der Waals surface area (Å²) in [7, 11) is 0. The fraction of sp³-hybridized carbons (Fsp3) is 1.00. The van der Waals surface area contributed by atoms with Crippen LogP contribution in [0.4, 0.5) is 0 Å². The first-order valence-electron chi connectivity index (χ1n) is 7.02. The number of aliphatic hydroxyl groups is 1. The normalized spacial score (nSPS) is 28.3. The molecule has 0 spiro atoms. The molecular weight excluding hydrogens is 198 g/mol. The largest absolute Gasteiger partial charge is 0.395 e. The van der Waals surface area contributed by atoms with E-state index in [2.05, 4.69) is 26.1 Å². The molecule has 0 aromatic heterocycles. The second-order valence-electron chi connectivity index (χ2n) is 5.81. The summed E-state index contributed by atoms with van der Waals surface area (Å²) in [4.78, 5) is 0. The minimum absolute atomic E-state index is 0.280. The molecule has 1 aliphatic carbocycles. The fourth-order valence-electron chi connectivity index (χ4n) is 2.96. The highest BCUT2D eigenvalue weighted by Gasteiger charge is 2.23. The quantitative estimate of drug-likeness (QED) is 0.731. The van der Waals surface area contributed by atoms with E-state index in [1.165, 1.54) is 32.1 Å². The first-order valence-corrected chi connectivity index (χ1v) is 7.02. The van der Waals surface area contributed by atoms with E-state index >= 15 is 0 Å². The first-order chi connectivity index (χ1) is 7.65. The average molecular weight is 227 g/mol. The van der Waals surface area contributed by atoms with Gasteiger partial charge < -0.3 is 10.4 Å². The Kier molecular flexibility index (Phi) is 6.37. The van der Waals surface area contributed by atoms with E-state index in [0.29, 0.717) is 12.1 Å². The van der Waals surface area contributed by atoms with Crippen molar-refractivity contribution in [1.29, 1.82) is 0 Å². The number of rotatable bonds is 6. The van der Waals surface area contributed by atoms with Crippen LogP contribution in [0.5, 0.6) is 0 Å². The van der Waals surface area contributed by atoms with Gasteiger partial charge in [0.25, 0.3) is 0 Å². The molecule has 3 atom stereocenters. The lowest BCUT2D eigenvalue weighted by atomic mass is 9.81. The predicted octanol–water partition coefficient (Wildman–Crippen LogP) is 2.95. The zero-order chi connectivity index (χ0) is 12.0. The minimum atomic E-state index is 0.280. The summed E-state index contributed by atoms with van der Waals surface area (Å²) in [5.74, 6) is 1.73. The van der Waals surface area contributed by atoms with Crippen molar-refractivity contribution in [2.24, 2.45) is 11.8 Å². The van der Waals surface area contributed by atoms with Crippen molar-refractivity contribution in [3.63, 3.8) is 0 Å². The molecule has 2 unspecified atom stereocenters. The Morgan fingerprint density at radius 3 is 2.62 bits per heavy atom. The van der Waals surface area contributed by atoms with Crippen LogP contribution in [-0.2, 0) is 0 Å². The van der Waals surface area contributed by atoms with Crippen molar-refractivity contribution < 1.29 is 5.11 Å². The Morgan fingerprint density at radius 2 is 2.06 bits per heavy atom. The summed E-state index contributed by atoms with van der Waals surface area (Å²) in [6.07, 6.45) is 7.78. The van der Waals surface area contributed by atoms with E-state index in [4.69, 9.17) is 0 Å². The first kappa shape index (κ1) is 14.0. The van der Waals surface area contributed by atoms with Crippen LogP contribution in [-0.4, -0.2) is 23.8 Å². The van der Waals surface area contributed by atoms with Gasteiger partial charge in [-0.3, -0.25) is 0 Å². The average Bonchev–Trinajstić information content (AvgIpc) is 2.25. The van der Waals surface area contributed by atoms with Gasteiger partial charge in [-0.25, -0.2) is 0 Å². The van der Waals surface area contributed by atoms with Gasteiger partial charge in [0.1, 0.15) is 0 Å². The van der Waals surface area contributed by atoms with Crippen LogP contribution in [0, 0.1) is 11.8 Å². The van der Waals surface area contributed by atoms with Gasteiger partial charge in [0.15, 0.2) is 0 Å². The molecule has 2 N–H and O–H groups in total. The lowest BCUT2D eigenvalue weighted by Gasteiger charge is -2.33. The molecule has 2 nitrogen and oxygen atoms in total. The molecule has 0 aromatic carbocycles. The highest BCUT2D eigenvalue weighted by molar-refractivity contribution is 4.81. The molecule has 1 rings (SSSR count). The topological polar surface area (TPSA) is 32.3 Å². The maximum absolute atomic E-state index is 9.21. The monoisotopic (exact) mass is 227 g/mol. The minimum Gasteiger partial charge on any atom is -0.395 e. The number of aliphatic hydroxyl groups excluding tert-OH is 1. The lowest BCUT2D eigenvalue weighted by molar-refractivity contribution is 0.192. The van der Waals surface area contributed by atoms with Crippen molar-refractivity contribution in [1.82, 2.24) is 5.32 Å². The molecule has 0 amide bonds. The summed E-state index contributed by atoms with van der Waals surface area (Å²) in [5, 5.41) is 12.8. The van der Waals surface area contributed by atoms with E-state index in [-0.39, 0.29) is 6.61 Å². The van der Waals surface area contributed by atoms with Gasteiger partial charge >= 0.3 is 0 Å². The molecule has 96 valence electrons. The Morgan fingerprint density at radius 1 is 1.31 bits per heavy atom. The fourth-order valence-corrected chi connectivity index (χ4v) is 2.96. The molecule has 0 aromatic rings. The van der Waals surface area contributed by atoms with Crippen LogP contribution in [0.3, 0.4) is 0 Å². The van der Waals surface area contributed by atoms with Crippen molar-refractivity contribution in [2.45, 2.75) is 71.4 Å². The highest BCUT2D eigenvalue weighted by Crippen LogP contribution is 2.29. The third-order valence-electron chi connectivity index (χ3n) is 3.77. The molecule has 0 saturated heterocycles. The van der Waals surface area contributed by atoms with Crippen LogP contribution >= 0.6 is 0 Å². The number of hydrogen-bond acceptors (Lipinski definition) is 2. The van der Waals surface area contributed by atoms with Gasteiger partial charge in [-0.1, -0.05) is 33.6 Å². The van der Waals surface area contributed by atoms with Gasteiger partial charge in [-0.05, 0) is 37.5 Å². The summed E-state index contributed by atoms with van der Waals surface area (Å²) >= 11 is 0. The Labute approximate surface area is 101 Å². The molecule has 2 heteroatoms. The van der Waals surface area contributed by atoms with Crippen LogP contribution in [0.25, 0.3) is 0 Å². The second-order valence-corrected chi connectivity index (χ2v) is 5.81. The molecule has 16 heavy (non-hydrogen) atoms. The summed E-state index contributed by atoms with van der Waals surface area (Å²) in [5.41, 5.74) is 0. The smallest absolute Gasteiger partial charge is 0.0584 e. The molecule has 1 saturated carbocycles. The SMILES string of the molecule is CC[C@@H](CO)NC1CCCC(CC(C)C)C1. The molecule has 1 aliphatic rings. The van der Waals surface area contributed by atoms with Gasteiger partial charge in [-0.2, -0.15) is 0 Å². The summed E-state index contributed by atoms with van der Waals surface area (Å²) in [6, 6.07) is 0.956. The molecule has 0 heterocycles. The maximum atomic E-state index is 9.21. The van der Waals surface area contributed by atoms with Crippen LogP contribution in [0.15, 0.2) is 0 Å². The molecular formula is C14H29NO. The zero-order valence-electron chi connectivity index (χ0n) is 11.2. The van der Waals surface area contributed by atoms with Crippen LogP contribution < -0.4 is 5.32 Å². The third-order valence-corrected chi connectivity index (χ3v) is 3.77. The molecule has 0 aliphatic heterocycles.